The Morgan fingerprint density at radius 3 is 2.54 bits per heavy atom. The summed E-state index contributed by atoms with van der Waals surface area (Å²) >= 11 is 5.21. The number of unbranched alkanes of at least 4 members (excludes halogenated alkanes) is 1. The first-order chi connectivity index (χ1) is 6.11. The third kappa shape index (κ3) is 5.47. The Morgan fingerprint density at radius 2 is 2.15 bits per heavy atom. The van der Waals surface area contributed by atoms with Crippen molar-refractivity contribution >= 4 is 23.5 Å². The highest BCUT2D eigenvalue weighted by Gasteiger charge is 2.11. The SMILES string of the molecule is CCCC[C@H](NC(=O)CCl)C(=O)[O-]. The second-order valence-electron chi connectivity index (χ2n) is 2.71. The Labute approximate surface area is 82.3 Å². The number of carboxylic acids is 1. The minimum Gasteiger partial charge on any atom is -0.548 e. The van der Waals surface area contributed by atoms with E-state index in [2.05, 4.69) is 5.32 Å². The Balaban J connectivity index is 3.94. The van der Waals surface area contributed by atoms with Crippen LogP contribution in [-0.4, -0.2) is 23.8 Å². The minimum absolute atomic E-state index is 0.226. The number of carbonyl (C=O) groups excluding carboxylic acids is 2. The molecule has 1 N–H and O–H groups in total. The molecule has 0 saturated carbocycles. The van der Waals surface area contributed by atoms with Crippen LogP contribution in [0.2, 0.25) is 0 Å². The van der Waals surface area contributed by atoms with Crippen molar-refractivity contribution in [2.45, 2.75) is 32.2 Å². The highest BCUT2D eigenvalue weighted by Crippen LogP contribution is 1.99. The van der Waals surface area contributed by atoms with Gasteiger partial charge in [0.25, 0.3) is 0 Å². The van der Waals surface area contributed by atoms with Gasteiger partial charge < -0.3 is 15.2 Å². The van der Waals surface area contributed by atoms with Crippen LogP contribution in [-0.2, 0) is 9.59 Å². The molecule has 0 aliphatic heterocycles. The summed E-state index contributed by atoms with van der Waals surface area (Å²) in [5, 5.41) is 12.8. The Morgan fingerprint density at radius 1 is 1.54 bits per heavy atom. The van der Waals surface area contributed by atoms with Crippen LogP contribution in [0.1, 0.15) is 26.2 Å². The lowest BCUT2D eigenvalue weighted by Gasteiger charge is -2.18. The highest BCUT2D eigenvalue weighted by molar-refractivity contribution is 6.27. The number of carboxylic acid groups (broad SMARTS) is 1. The fourth-order valence-corrected chi connectivity index (χ4v) is 0.967. The smallest absolute Gasteiger partial charge is 0.235 e. The van der Waals surface area contributed by atoms with Gasteiger partial charge >= 0.3 is 0 Å². The van der Waals surface area contributed by atoms with Gasteiger partial charge in [-0.3, -0.25) is 4.79 Å². The molecule has 0 aliphatic rings. The Kier molecular flexibility index (Phi) is 6.32. The first-order valence-corrected chi connectivity index (χ1v) is 4.71. The molecule has 0 aliphatic carbocycles. The second-order valence-corrected chi connectivity index (χ2v) is 2.98. The number of nitrogens with one attached hydrogen (secondary N) is 1. The van der Waals surface area contributed by atoms with Crippen molar-refractivity contribution in [1.82, 2.24) is 5.32 Å². The second kappa shape index (κ2) is 6.71. The van der Waals surface area contributed by atoms with E-state index < -0.39 is 17.9 Å². The summed E-state index contributed by atoms with van der Waals surface area (Å²) in [7, 11) is 0. The summed E-state index contributed by atoms with van der Waals surface area (Å²) in [6, 6.07) is -0.911. The van der Waals surface area contributed by atoms with Gasteiger partial charge in [-0.25, -0.2) is 0 Å². The lowest BCUT2D eigenvalue weighted by atomic mass is 10.1. The van der Waals surface area contributed by atoms with Gasteiger partial charge in [0.05, 0.1) is 12.0 Å². The summed E-state index contributed by atoms with van der Waals surface area (Å²) in [6.07, 6.45) is 2.00. The van der Waals surface area contributed by atoms with E-state index in [1.165, 1.54) is 0 Å². The zero-order valence-corrected chi connectivity index (χ0v) is 8.26. The van der Waals surface area contributed by atoms with Crippen molar-refractivity contribution < 1.29 is 14.7 Å². The van der Waals surface area contributed by atoms with Crippen LogP contribution in [0.25, 0.3) is 0 Å². The summed E-state index contributed by atoms with van der Waals surface area (Å²) in [5.74, 6) is -1.96. The molecule has 0 heterocycles. The van der Waals surface area contributed by atoms with E-state index in [4.69, 9.17) is 11.6 Å². The molecule has 1 atom stereocenters. The van der Waals surface area contributed by atoms with Gasteiger partial charge in [0.15, 0.2) is 0 Å². The molecule has 0 radical (unpaired) electrons. The van der Waals surface area contributed by atoms with Gasteiger partial charge in [-0.05, 0) is 6.42 Å². The van der Waals surface area contributed by atoms with Gasteiger partial charge in [-0.1, -0.05) is 19.8 Å². The van der Waals surface area contributed by atoms with E-state index in [0.29, 0.717) is 6.42 Å². The molecule has 0 spiro atoms. The molecule has 0 bridgehead atoms. The number of carbonyl (C=O) groups is 2. The van der Waals surface area contributed by atoms with Crippen LogP contribution in [0.3, 0.4) is 0 Å². The average molecular weight is 207 g/mol. The molecule has 0 unspecified atom stereocenters. The number of halogens is 1. The maximum atomic E-state index is 10.8. The van der Waals surface area contributed by atoms with Crippen molar-refractivity contribution in [2.75, 3.05) is 5.88 Å². The zero-order valence-electron chi connectivity index (χ0n) is 7.51. The van der Waals surface area contributed by atoms with Crippen molar-refractivity contribution in [3.8, 4) is 0 Å². The highest BCUT2D eigenvalue weighted by atomic mass is 35.5. The Hall–Kier alpha value is -0.770. The molecule has 0 aromatic heterocycles. The van der Waals surface area contributed by atoms with Crippen LogP contribution < -0.4 is 10.4 Å². The van der Waals surface area contributed by atoms with Gasteiger partial charge in [0.1, 0.15) is 5.88 Å². The van der Waals surface area contributed by atoms with Crippen LogP contribution in [0.4, 0.5) is 0 Å². The van der Waals surface area contributed by atoms with Crippen LogP contribution in [0.15, 0.2) is 0 Å². The zero-order chi connectivity index (χ0) is 10.3. The maximum absolute atomic E-state index is 10.8. The molecule has 1 amide bonds. The van der Waals surface area contributed by atoms with Crippen molar-refractivity contribution in [1.29, 1.82) is 0 Å². The van der Waals surface area contributed by atoms with Gasteiger partial charge in [0, 0.05) is 0 Å². The van der Waals surface area contributed by atoms with Crippen LogP contribution >= 0.6 is 11.6 Å². The topological polar surface area (TPSA) is 69.2 Å². The molecule has 0 aromatic carbocycles. The lowest BCUT2D eigenvalue weighted by Crippen LogP contribution is -2.48. The molecule has 0 fully saturated rings. The van der Waals surface area contributed by atoms with E-state index in [-0.39, 0.29) is 5.88 Å². The average Bonchev–Trinajstić information content (AvgIpc) is 2.11. The first kappa shape index (κ1) is 12.2. The molecular weight excluding hydrogens is 194 g/mol. The molecule has 0 rings (SSSR count). The largest absolute Gasteiger partial charge is 0.548 e. The third-order valence-corrected chi connectivity index (χ3v) is 1.83. The van der Waals surface area contributed by atoms with Crippen molar-refractivity contribution in [2.24, 2.45) is 0 Å². The van der Waals surface area contributed by atoms with Crippen molar-refractivity contribution in [3.63, 3.8) is 0 Å². The minimum atomic E-state index is -1.26. The monoisotopic (exact) mass is 206 g/mol. The number of rotatable bonds is 6. The van der Waals surface area contributed by atoms with E-state index in [0.717, 1.165) is 12.8 Å². The molecular formula is C8H13ClNO3-. The first-order valence-electron chi connectivity index (χ1n) is 4.18. The molecule has 4 nitrogen and oxygen atoms in total. The van der Waals surface area contributed by atoms with Crippen molar-refractivity contribution in [3.05, 3.63) is 0 Å². The molecule has 0 aromatic rings. The summed E-state index contributed by atoms with van der Waals surface area (Å²) < 4.78 is 0. The molecule has 76 valence electrons. The number of aliphatic carboxylic acids is 1. The van der Waals surface area contributed by atoms with E-state index in [9.17, 15) is 14.7 Å². The van der Waals surface area contributed by atoms with E-state index in [1.807, 2.05) is 6.92 Å². The fourth-order valence-electron chi connectivity index (χ4n) is 0.890. The standard InChI is InChI=1S/C8H14ClNO3/c1-2-3-4-6(8(12)13)10-7(11)5-9/h6H,2-5H2,1H3,(H,10,11)(H,12,13)/p-1/t6-/m0/s1. The number of amides is 1. The van der Waals surface area contributed by atoms with E-state index in [1.54, 1.807) is 0 Å². The van der Waals surface area contributed by atoms with Crippen LogP contribution in [0, 0.1) is 0 Å². The van der Waals surface area contributed by atoms with Gasteiger partial charge in [-0.15, -0.1) is 11.6 Å². The van der Waals surface area contributed by atoms with Crippen LogP contribution in [0.5, 0.6) is 0 Å². The van der Waals surface area contributed by atoms with Gasteiger partial charge in [0.2, 0.25) is 5.91 Å². The summed E-state index contributed by atoms with van der Waals surface area (Å²) in [5.41, 5.74) is 0. The summed E-state index contributed by atoms with van der Waals surface area (Å²) in [4.78, 5) is 21.2. The number of hydrogen-bond acceptors (Lipinski definition) is 3. The molecule has 5 heteroatoms. The predicted molar refractivity (Wildman–Crippen MR) is 47.2 cm³/mol. The normalized spacial score (nSPS) is 12.2. The third-order valence-electron chi connectivity index (χ3n) is 1.59. The molecule has 13 heavy (non-hydrogen) atoms. The predicted octanol–water partition coefficient (Wildman–Crippen LogP) is -0.350. The Bertz CT molecular complexity index is 184. The number of hydrogen-bond donors (Lipinski definition) is 1. The lowest BCUT2D eigenvalue weighted by molar-refractivity contribution is -0.308. The fraction of sp³-hybridized carbons (Fsp3) is 0.750. The van der Waals surface area contributed by atoms with E-state index >= 15 is 0 Å². The maximum Gasteiger partial charge on any atom is 0.235 e. The molecule has 0 saturated heterocycles. The summed E-state index contributed by atoms with van der Waals surface area (Å²) in [6.45, 7) is 1.94. The van der Waals surface area contributed by atoms with Gasteiger partial charge in [-0.2, -0.15) is 0 Å². The quantitative estimate of drug-likeness (QED) is 0.604. The number of alkyl halides is 1.